The van der Waals surface area contributed by atoms with Crippen molar-refractivity contribution in [2.24, 2.45) is 0 Å². The first-order valence-electron chi connectivity index (χ1n) is 5.52. The van der Waals surface area contributed by atoms with Gasteiger partial charge in [-0.1, -0.05) is 12.1 Å². The van der Waals surface area contributed by atoms with E-state index < -0.39 is 6.36 Å². The van der Waals surface area contributed by atoms with Crippen LogP contribution < -0.4 is 10.1 Å². The summed E-state index contributed by atoms with van der Waals surface area (Å²) in [7, 11) is 1.78. The normalized spacial score (nSPS) is 11.6. The smallest absolute Gasteiger partial charge is 0.406 e. The average molecular weight is 271 g/mol. The van der Waals surface area contributed by atoms with Crippen molar-refractivity contribution in [1.82, 2.24) is 15.5 Å². The summed E-state index contributed by atoms with van der Waals surface area (Å²) >= 11 is 0. The molecule has 2 N–H and O–H groups in total. The highest BCUT2D eigenvalue weighted by Gasteiger charge is 2.31. The zero-order valence-corrected chi connectivity index (χ0v) is 10.1. The molecule has 2 aromatic rings. The second-order valence-corrected chi connectivity index (χ2v) is 3.88. The first-order chi connectivity index (χ1) is 8.99. The predicted molar refractivity (Wildman–Crippen MR) is 63.5 cm³/mol. The van der Waals surface area contributed by atoms with Crippen molar-refractivity contribution in [3.05, 3.63) is 36.0 Å². The summed E-state index contributed by atoms with van der Waals surface area (Å²) < 4.78 is 40.4. The summed E-state index contributed by atoms with van der Waals surface area (Å²) in [5, 5.41) is 9.63. The van der Waals surface area contributed by atoms with Crippen LogP contribution in [0.25, 0.3) is 11.3 Å². The largest absolute Gasteiger partial charge is 0.573 e. The molecule has 2 rings (SSSR count). The Morgan fingerprint density at radius 2 is 2.16 bits per heavy atom. The quantitative estimate of drug-likeness (QED) is 0.899. The van der Waals surface area contributed by atoms with E-state index in [-0.39, 0.29) is 5.75 Å². The zero-order valence-electron chi connectivity index (χ0n) is 10.1. The van der Waals surface area contributed by atoms with Crippen molar-refractivity contribution < 1.29 is 17.9 Å². The van der Waals surface area contributed by atoms with Gasteiger partial charge < -0.3 is 10.1 Å². The fourth-order valence-corrected chi connectivity index (χ4v) is 1.73. The van der Waals surface area contributed by atoms with E-state index in [0.717, 1.165) is 5.56 Å². The highest BCUT2D eigenvalue weighted by atomic mass is 19.4. The van der Waals surface area contributed by atoms with E-state index in [1.807, 2.05) is 0 Å². The molecule has 0 aliphatic heterocycles. The Kier molecular flexibility index (Phi) is 3.75. The number of hydrogen-bond donors (Lipinski definition) is 2. The maximum atomic E-state index is 12.2. The molecule has 102 valence electrons. The molecule has 0 spiro atoms. The lowest BCUT2D eigenvalue weighted by molar-refractivity contribution is -0.274. The second kappa shape index (κ2) is 5.31. The highest BCUT2D eigenvalue weighted by molar-refractivity contribution is 5.64. The molecule has 0 aliphatic rings. The van der Waals surface area contributed by atoms with Crippen LogP contribution in [0.15, 0.2) is 30.5 Å². The van der Waals surface area contributed by atoms with Crippen LogP contribution in [-0.2, 0) is 6.54 Å². The van der Waals surface area contributed by atoms with Gasteiger partial charge in [0.25, 0.3) is 0 Å². The molecule has 0 amide bonds. The lowest BCUT2D eigenvalue weighted by Crippen LogP contribution is -2.17. The maximum absolute atomic E-state index is 12.2. The van der Waals surface area contributed by atoms with Crippen LogP contribution in [0.2, 0.25) is 0 Å². The molecule has 1 heterocycles. The Hall–Kier alpha value is -2.02. The molecular formula is C12H12F3N3O. The van der Waals surface area contributed by atoms with Crippen LogP contribution in [0.1, 0.15) is 5.56 Å². The van der Waals surface area contributed by atoms with Gasteiger partial charge in [-0.2, -0.15) is 5.10 Å². The van der Waals surface area contributed by atoms with Gasteiger partial charge in [-0.25, -0.2) is 0 Å². The Balaban J connectivity index is 2.30. The van der Waals surface area contributed by atoms with Crippen LogP contribution in [0, 0.1) is 0 Å². The minimum atomic E-state index is -4.69. The van der Waals surface area contributed by atoms with E-state index in [9.17, 15) is 13.2 Å². The van der Waals surface area contributed by atoms with Gasteiger partial charge in [-0.05, 0) is 19.2 Å². The van der Waals surface area contributed by atoms with Crippen LogP contribution in [0.4, 0.5) is 13.2 Å². The molecule has 1 aromatic heterocycles. The van der Waals surface area contributed by atoms with Gasteiger partial charge in [-0.3, -0.25) is 5.10 Å². The lowest BCUT2D eigenvalue weighted by Gasteiger charge is -2.10. The molecule has 0 unspecified atom stereocenters. The summed E-state index contributed by atoms with van der Waals surface area (Å²) in [5.74, 6) is -0.255. The van der Waals surface area contributed by atoms with Gasteiger partial charge in [0.05, 0.1) is 11.9 Å². The van der Waals surface area contributed by atoms with E-state index in [1.54, 1.807) is 19.3 Å². The monoisotopic (exact) mass is 271 g/mol. The van der Waals surface area contributed by atoms with Crippen molar-refractivity contribution in [1.29, 1.82) is 0 Å². The van der Waals surface area contributed by atoms with Crippen molar-refractivity contribution >= 4 is 0 Å². The van der Waals surface area contributed by atoms with E-state index in [4.69, 9.17) is 0 Å². The fraction of sp³-hybridized carbons (Fsp3) is 0.250. The zero-order chi connectivity index (χ0) is 13.9. The molecule has 7 heteroatoms. The van der Waals surface area contributed by atoms with Crippen LogP contribution >= 0.6 is 0 Å². The highest BCUT2D eigenvalue weighted by Crippen LogP contribution is 2.28. The standard InChI is InChI=1S/C12H12F3N3O/c1-16-6-9-7-17-18-11(9)8-3-2-4-10(5-8)19-12(13,14)15/h2-5,7,16H,6H2,1H3,(H,17,18). The molecule has 1 aromatic carbocycles. The molecule has 0 saturated carbocycles. The van der Waals surface area contributed by atoms with Gasteiger partial charge in [0, 0.05) is 17.7 Å². The average Bonchev–Trinajstić information content (AvgIpc) is 2.76. The van der Waals surface area contributed by atoms with Gasteiger partial charge in [0.1, 0.15) is 5.75 Å². The Morgan fingerprint density at radius 1 is 1.37 bits per heavy atom. The van der Waals surface area contributed by atoms with E-state index >= 15 is 0 Å². The maximum Gasteiger partial charge on any atom is 0.573 e. The number of aromatic amines is 1. The molecule has 0 radical (unpaired) electrons. The number of benzene rings is 1. The van der Waals surface area contributed by atoms with Gasteiger partial charge in [-0.15, -0.1) is 13.2 Å². The molecule has 0 saturated heterocycles. The number of aromatic nitrogens is 2. The van der Waals surface area contributed by atoms with Crippen LogP contribution in [-0.4, -0.2) is 23.6 Å². The topological polar surface area (TPSA) is 49.9 Å². The number of H-pyrrole nitrogens is 1. The molecule has 4 nitrogen and oxygen atoms in total. The number of ether oxygens (including phenoxy) is 1. The molecule has 0 fully saturated rings. The summed E-state index contributed by atoms with van der Waals surface area (Å²) in [6.45, 7) is 0.566. The molecular weight excluding hydrogens is 259 g/mol. The Morgan fingerprint density at radius 3 is 2.84 bits per heavy atom. The fourth-order valence-electron chi connectivity index (χ4n) is 1.73. The summed E-state index contributed by atoms with van der Waals surface area (Å²) in [4.78, 5) is 0. The van der Waals surface area contributed by atoms with Crippen LogP contribution in [0.5, 0.6) is 5.75 Å². The number of rotatable bonds is 4. The van der Waals surface area contributed by atoms with E-state index in [2.05, 4.69) is 20.3 Å². The summed E-state index contributed by atoms with van der Waals surface area (Å²) in [5.41, 5.74) is 2.12. The predicted octanol–water partition coefficient (Wildman–Crippen LogP) is 2.69. The van der Waals surface area contributed by atoms with Gasteiger partial charge in [0.2, 0.25) is 0 Å². The minimum Gasteiger partial charge on any atom is -0.406 e. The van der Waals surface area contributed by atoms with Crippen molar-refractivity contribution in [2.75, 3.05) is 7.05 Å². The van der Waals surface area contributed by atoms with Gasteiger partial charge in [0.15, 0.2) is 0 Å². The third-order valence-electron chi connectivity index (χ3n) is 2.44. The Labute approximate surface area is 107 Å². The Bertz CT molecular complexity index is 551. The summed E-state index contributed by atoms with van der Waals surface area (Å²) in [6, 6.07) is 5.77. The number of hydrogen-bond acceptors (Lipinski definition) is 3. The number of halogens is 3. The number of nitrogens with zero attached hydrogens (tertiary/aromatic N) is 1. The third-order valence-corrected chi connectivity index (χ3v) is 2.44. The van der Waals surface area contributed by atoms with E-state index in [0.29, 0.717) is 17.8 Å². The molecule has 0 bridgehead atoms. The van der Waals surface area contributed by atoms with Crippen LogP contribution in [0.3, 0.4) is 0 Å². The van der Waals surface area contributed by atoms with Crippen molar-refractivity contribution in [3.8, 4) is 17.0 Å². The molecule has 0 atom stereocenters. The lowest BCUT2D eigenvalue weighted by atomic mass is 10.1. The third kappa shape index (κ3) is 3.47. The summed E-state index contributed by atoms with van der Waals surface area (Å²) in [6.07, 6.45) is -3.07. The first-order valence-corrected chi connectivity index (χ1v) is 5.52. The number of nitrogens with one attached hydrogen (secondary N) is 2. The SMILES string of the molecule is CNCc1cn[nH]c1-c1cccc(OC(F)(F)F)c1. The molecule has 0 aliphatic carbocycles. The first kappa shape index (κ1) is 13.4. The number of alkyl halides is 3. The van der Waals surface area contributed by atoms with E-state index in [1.165, 1.54) is 18.2 Å². The van der Waals surface area contributed by atoms with Crippen molar-refractivity contribution in [2.45, 2.75) is 12.9 Å². The van der Waals surface area contributed by atoms with Crippen molar-refractivity contribution in [3.63, 3.8) is 0 Å². The van der Waals surface area contributed by atoms with Gasteiger partial charge >= 0.3 is 6.36 Å². The second-order valence-electron chi connectivity index (χ2n) is 3.88. The molecule has 19 heavy (non-hydrogen) atoms. The minimum absolute atomic E-state index is 0.255.